The van der Waals surface area contributed by atoms with Gasteiger partial charge in [-0.25, -0.2) is 19.3 Å². The summed E-state index contributed by atoms with van der Waals surface area (Å²) in [5.41, 5.74) is 13.2. The normalized spacial score (nSPS) is 11.0. The Labute approximate surface area is 107 Å². The van der Waals surface area contributed by atoms with Gasteiger partial charge in [-0.2, -0.15) is 0 Å². The van der Waals surface area contributed by atoms with Gasteiger partial charge in [0.2, 0.25) is 0 Å². The van der Waals surface area contributed by atoms with E-state index in [4.69, 9.17) is 11.5 Å². The number of aromatic nitrogens is 4. The lowest BCUT2D eigenvalue weighted by molar-refractivity contribution is 0.628. The molecule has 0 fully saturated rings. The van der Waals surface area contributed by atoms with E-state index in [1.807, 2.05) is 0 Å². The SMILES string of the molecule is Nc1ccc(Cn2cnc3c(N)ncnc32)cc1F. The van der Waals surface area contributed by atoms with Crippen molar-refractivity contribution in [1.82, 2.24) is 19.5 Å². The number of benzene rings is 1. The Kier molecular flexibility index (Phi) is 2.52. The van der Waals surface area contributed by atoms with E-state index >= 15 is 0 Å². The number of fused-ring (bicyclic) bond motifs is 1. The highest BCUT2D eigenvalue weighted by molar-refractivity contribution is 5.81. The molecule has 0 aliphatic heterocycles. The molecule has 0 aliphatic carbocycles. The van der Waals surface area contributed by atoms with Crippen molar-refractivity contribution in [2.75, 3.05) is 11.5 Å². The van der Waals surface area contributed by atoms with Gasteiger partial charge >= 0.3 is 0 Å². The second-order valence-corrected chi connectivity index (χ2v) is 4.16. The summed E-state index contributed by atoms with van der Waals surface area (Å²) in [6.07, 6.45) is 2.98. The highest BCUT2D eigenvalue weighted by atomic mass is 19.1. The number of anilines is 2. The van der Waals surface area contributed by atoms with Crippen molar-refractivity contribution in [3.05, 3.63) is 42.2 Å². The predicted molar refractivity (Wildman–Crippen MR) is 69.6 cm³/mol. The quantitative estimate of drug-likeness (QED) is 0.673. The highest BCUT2D eigenvalue weighted by Crippen LogP contribution is 2.17. The lowest BCUT2D eigenvalue weighted by atomic mass is 10.2. The van der Waals surface area contributed by atoms with Gasteiger partial charge in [-0.3, -0.25) is 0 Å². The number of nitrogens with zero attached hydrogens (tertiary/aromatic N) is 4. The Balaban J connectivity index is 2.01. The van der Waals surface area contributed by atoms with Crippen LogP contribution < -0.4 is 11.5 Å². The van der Waals surface area contributed by atoms with Crippen LogP contribution in [-0.2, 0) is 6.54 Å². The molecule has 3 rings (SSSR count). The number of hydrogen-bond donors (Lipinski definition) is 2. The summed E-state index contributed by atoms with van der Waals surface area (Å²) in [6, 6.07) is 4.69. The fraction of sp³-hybridized carbons (Fsp3) is 0.0833. The number of halogens is 1. The van der Waals surface area contributed by atoms with Crippen LogP contribution in [0.3, 0.4) is 0 Å². The minimum absolute atomic E-state index is 0.130. The second kappa shape index (κ2) is 4.20. The topological polar surface area (TPSA) is 95.6 Å². The molecular weight excluding hydrogens is 247 g/mol. The monoisotopic (exact) mass is 258 g/mol. The molecule has 0 saturated carbocycles. The van der Waals surface area contributed by atoms with Gasteiger partial charge in [0, 0.05) is 0 Å². The van der Waals surface area contributed by atoms with Crippen LogP contribution in [0.4, 0.5) is 15.9 Å². The van der Waals surface area contributed by atoms with Crippen molar-refractivity contribution >= 4 is 22.7 Å². The lowest BCUT2D eigenvalue weighted by Gasteiger charge is -2.05. The molecule has 0 spiro atoms. The summed E-state index contributed by atoms with van der Waals surface area (Å²) in [7, 11) is 0. The smallest absolute Gasteiger partial charge is 0.165 e. The van der Waals surface area contributed by atoms with Crippen molar-refractivity contribution < 1.29 is 4.39 Å². The number of imidazole rings is 1. The Morgan fingerprint density at radius 3 is 2.79 bits per heavy atom. The van der Waals surface area contributed by atoms with Crippen LogP contribution in [0.25, 0.3) is 11.2 Å². The Morgan fingerprint density at radius 1 is 1.16 bits per heavy atom. The van der Waals surface area contributed by atoms with Crippen LogP contribution in [0.1, 0.15) is 5.56 Å². The molecule has 0 unspecified atom stereocenters. The van der Waals surface area contributed by atoms with E-state index in [9.17, 15) is 4.39 Å². The first-order valence-corrected chi connectivity index (χ1v) is 5.60. The van der Waals surface area contributed by atoms with Gasteiger partial charge in [0.1, 0.15) is 17.7 Å². The second-order valence-electron chi connectivity index (χ2n) is 4.16. The van der Waals surface area contributed by atoms with E-state index in [2.05, 4.69) is 15.0 Å². The summed E-state index contributed by atoms with van der Waals surface area (Å²) >= 11 is 0. The maximum absolute atomic E-state index is 13.4. The van der Waals surface area contributed by atoms with Crippen molar-refractivity contribution in [1.29, 1.82) is 0 Å². The number of nitrogen functional groups attached to an aromatic ring is 2. The van der Waals surface area contributed by atoms with Crippen LogP contribution >= 0.6 is 0 Å². The lowest BCUT2D eigenvalue weighted by Crippen LogP contribution is -2.02. The molecule has 0 radical (unpaired) electrons. The standard InChI is InChI=1S/C12H11FN6/c13-8-3-7(1-2-9(8)14)4-19-6-18-10-11(15)16-5-17-12(10)19/h1-3,5-6H,4,14H2,(H2,15,16,17). The van der Waals surface area contributed by atoms with Crippen LogP contribution in [0.2, 0.25) is 0 Å². The molecule has 4 N–H and O–H groups in total. The molecule has 0 saturated heterocycles. The molecule has 96 valence electrons. The Bertz CT molecular complexity index is 751. The molecule has 2 heterocycles. The maximum atomic E-state index is 13.4. The number of rotatable bonds is 2. The first-order chi connectivity index (χ1) is 9.15. The summed E-state index contributed by atoms with van der Waals surface area (Å²) in [5.74, 6) is -0.108. The van der Waals surface area contributed by atoms with Gasteiger partial charge in [0.25, 0.3) is 0 Å². The van der Waals surface area contributed by atoms with E-state index in [1.165, 1.54) is 18.5 Å². The van der Waals surface area contributed by atoms with Gasteiger partial charge in [-0.15, -0.1) is 0 Å². The van der Waals surface area contributed by atoms with Gasteiger partial charge in [0.15, 0.2) is 11.5 Å². The molecule has 6 nitrogen and oxygen atoms in total. The largest absolute Gasteiger partial charge is 0.396 e. The summed E-state index contributed by atoms with van der Waals surface area (Å²) < 4.78 is 15.2. The molecule has 7 heteroatoms. The van der Waals surface area contributed by atoms with E-state index in [0.717, 1.165) is 5.56 Å². The van der Waals surface area contributed by atoms with Crippen LogP contribution in [0.15, 0.2) is 30.9 Å². The average Bonchev–Trinajstić information content (AvgIpc) is 2.79. The van der Waals surface area contributed by atoms with Crippen molar-refractivity contribution in [3.8, 4) is 0 Å². The maximum Gasteiger partial charge on any atom is 0.165 e. The minimum atomic E-state index is -0.434. The van der Waals surface area contributed by atoms with E-state index in [1.54, 1.807) is 17.0 Å². The minimum Gasteiger partial charge on any atom is -0.396 e. The summed E-state index contributed by atoms with van der Waals surface area (Å²) in [4.78, 5) is 12.1. The van der Waals surface area contributed by atoms with Gasteiger partial charge in [0.05, 0.1) is 18.6 Å². The first-order valence-electron chi connectivity index (χ1n) is 5.60. The average molecular weight is 258 g/mol. The third-order valence-electron chi connectivity index (χ3n) is 2.85. The zero-order chi connectivity index (χ0) is 13.4. The molecule has 0 amide bonds. The molecule has 0 aliphatic rings. The van der Waals surface area contributed by atoms with E-state index < -0.39 is 5.82 Å². The molecule has 0 atom stereocenters. The molecule has 2 aromatic heterocycles. The van der Waals surface area contributed by atoms with Gasteiger partial charge < -0.3 is 16.0 Å². The fourth-order valence-corrected chi connectivity index (χ4v) is 1.88. The third-order valence-corrected chi connectivity index (χ3v) is 2.85. The van der Waals surface area contributed by atoms with Crippen LogP contribution in [0.5, 0.6) is 0 Å². The number of nitrogens with two attached hydrogens (primary N) is 2. The van der Waals surface area contributed by atoms with Gasteiger partial charge in [-0.05, 0) is 17.7 Å². The first kappa shape index (κ1) is 11.4. The predicted octanol–water partition coefficient (Wildman–Crippen LogP) is 1.18. The zero-order valence-electron chi connectivity index (χ0n) is 9.92. The molecule has 3 aromatic rings. The van der Waals surface area contributed by atoms with Crippen molar-refractivity contribution in [3.63, 3.8) is 0 Å². The molecule has 0 bridgehead atoms. The molecule has 19 heavy (non-hydrogen) atoms. The summed E-state index contributed by atoms with van der Waals surface area (Å²) in [6.45, 7) is 0.435. The van der Waals surface area contributed by atoms with E-state index in [-0.39, 0.29) is 5.69 Å². The molecule has 1 aromatic carbocycles. The van der Waals surface area contributed by atoms with Gasteiger partial charge in [-0.1, -0.05) is 6.07 Å². The zero-order valence-corrected chi connectivity index (χ0v) is 9.92. The molecular formula is C12H11FN6. The Morgan fingerprint density at radius 2 is 2.00 bits per heavy atom. The van der Waals surface area contributed by atoms with E-state index in [0.29, 0.717) is 23.5 Å². The summed E-state index contributed by atoms with van der Waals surface area (Å²) in [5, 5.41) is 0. The number of hydrogen-bond acceptors (Lipinski definition) is 5. The van der Waals surface area contributed by atoms with Crippen LogP contribution in [0, 0.1) is 5.82 Å². The highest BCUT2D eigenvalue weighted by Gasteiger charge is 2.08. The fourth-order valence-electron chi connectivity index (χ4n) is 1.88. The van der Waals surface area contributed by atoms with Crippen molar-refractivity contribution in [2.45, 2.75) is 6.54 Å². The van der Waals surface area contributed by atoms with Crippen LogP contribution in [-0.4, -0.2) is 19.5 Å². The Hall–Kier alpha value is -2.70. The third kappa shape index (κ3) is 1.95. The van der Waals surface area contributed by atoms with Crippen molar-refractivity contribution in [2.24, 2.45) is 0 Å².